The van der Waals surface area contributed by atoms with Crippen molar-refractivity contribution in [3.63, 3.8) is 0 Å². The smallest absolute Gasteiger partial charge is 0.286 e. The van der Waals surface area contributed by atoms with Crippen LogP contribution < -0.4 is 15.6 Å². The summed E-state index contributed by atoms with van der Waals surface area (Å²) < 4.78 is 6.92. The van der Waals surface area contributed by atoms with E-state index in [9.17, 15) is 9.59 Å². The van der Waals surface area contributed by atoms with Gasteiger partial charge in [-0.25, -0.2) is 0 Å². The van der Waals surface area contributed by atoms with Crippen molar-refractivity contribution in [3.8, 4) is 5.75 Å². The average Bonchev–Trinajstić information content (AvgIpc) is 2.96. The summed E-state index contributed by atoms with van der Waals surface area (Å²) in [6.07, 6.45) is 0. The van der Waals surface area contributed by atoms with E-state index < -0.39 is 11.8 Å². The van der Waals surface area contributed by atoms with Crippen LogP contribution in [0.2, 0.25) is 0 Å². The zero-order valence-corrected chi connectivity index (χ0v) is 13.4. The number of methoxy groups -OCH3 is 1. The number of nitrogens with one attached hydrogen (secondary N) is 2. The maximum atomic E-state index is 12.3. The van der Waals surface area contributed by atoms with Crippen LogP contribution in [0.15, 0.2) is 54.6 Å². The minimum atomic E-state index is -0.445. The number of nitrogens with zero attached hydrogens (tertiary/aromatic N) is 1. The fourth-order valence-corrected chi connectivity index (χ4v) is 2.58. The lowest BCUT2D eigenvalue weighted by Crippen LogP contribution is -2.42. The quantitative estimate of drug-likeness (QED) is 0.726. The van der Waals surface area contributed by atoms with Gasteiger partial charge in [0.25, 0.3) is 11.8 Å². The molecule has 0 saturated heterocycles. The molecule has 2 N–H and O–H groups in total. The second-order valence-corrected chi connectivity index (χ2v) is 5.26. The van der Waals surface area contributed by atoms with Gasteiger partial charge in [-0.05, 0) is 24.3 Å². The molecular formula is C18H17N3O3. The summed E-state index contributed by atoms with van der Waals surface area (Å²) in [6, 6.07) is 16.3. The summed E-state index contributed by atoms with van der Waals surface area (Å²) in [6.45, 7) is 0. The van der Waals surface area contributed by atoms with Gasteiger partial charge >= 0.3 is 0 Å². The Morgan fingerprint density at radius 3 is 2.38 bits per heavy atom. The maximum absolute atomic E-state index is 12.3. The number of fused-ring (bicyclic) bond motifs is 1. The number of amides is 2. The molecule has 0 unspecified atom stereocenters. The number of para-hydroxylation sites is 2. The maximum Gasteiger partial charge on any atom is 0.286 e. The molecule has 3 rings (SSSR count). The summed E-state index contributed by atoms with van der Waals surface area (Å²) in [7, 11) is 3.29. The lowest BCUT2D eigenvalue weighted by molar-refractivity contribution is 0.0840. The summed E-state index contributed by atoms with van der Waals surface area (Å²) in [5.74, 6) is -0.398. The number of aromatic nitrogens is 1. The van der Waals surface area contributed by atoms with Gasteiger partial charge in [0, 0.05) is 18.0 Å². The largest absolute Gasteiger partial charge is 0.496 e. The molecule has 3 aromatic rings. The third-order valence-corrected chi connectivity index (χ3v) is 3.83. The number of rotatable bonds is 3. The van der Waals surface area contributed by atoms with E-state index in [2.05, 4.69) is 10.9 Å². The van der Waals surface area contributed by atoms with Gasteiger partial charge in [-0.1, -0.05) is 30.3 Å². The normalized spacial score (nSPS) is 10.4. The zero-order valence-electron chi connectivity index (χ0n) is 13.4. The number of hydrazine groups is 1. The molecule has 0 radical (unpaired) electrons. The Morgan fingerprint density at radius 2 is 1.62 bits per heavy atom. The molecule has 0 saturated carbocycles. The molecule has 0 bridgehead atoms. The minimum absolute atomic E-state index is 0.345. The van der Waals surface area contributed by atoms with Crippen LogP contribution >= 0.6 is 0 Å². The number of aryl methyl sites for hydroxylation is 1. The Labute approximate surface area is 139 Å². The minimum Gasteiger partial charge on any atom is -0.496 e. The Bertz CT molecular complexity index is 915. The number of benzene rings is 2. The van der Waals surface area contributed by atoms with Gasteiger partial charge in [0.2, 0.25) is 0 Å². The van der Waals surface area contributed by atoms with Crippen LogP contribution in [-0.4, -0.2) is 23.5 Å². The van der Waals surface area contributed by atoms with Crippen LogP contribution in [0, 0.1) is 0 Å². The number of hydrogen-bond acceptors (Lipinski definition) is 3. The zero-order chi connectivity index (χ0) is 17.1. The molecule has 24 heavy (non-hydrogen) atoms. The van der Waals surface area contributed by atoms with E-state index in [1.165, 1.54) is 7.11 Å². The van der Waals surface area contributed by atoms with Crippen molar-refractivity contribution < 1.29 is 14.3 Å². The van der Waals surface area contributed by atoms with Gasteiger partial charge < -0.3 is 9.30 Å². The molecule has 0 aliphatic heterocycles. The van der Waals surface area contributed by atoms with E-state index in [0.717, 1.165) is 10.9 Å². The van der Waals surface area contributed by atoms with Crippen molar-refractivity contribution >= 4 is 22.7 Å². The van der Waals surface area contributed by atoms with Crippen molar-refractivity contribution in [3.05, 3.63) is 65.9 Å². The second kappa shape index (κ2) is 6.45. The Kier molecular flexibility index (Phi) is 4.20. The highest BCUT2D eigenvalue weighted by Gasteiger charge is 2.16. The van der Waals surface area contributed by atoms with E-state index in [4.69, 9.17) is 4.74 Å². The van der Waals surface area contributed by atoms with Crippen LogP contribution in [0.25, 0.3) is 10.9 Å². The van der Waals surface area contributed by atoms with Gasteiger partial charge in [0.15, 0.2) is 0 Å². The van der Waals surface area contributed by atoms with Crippen LogP contribution in [-0.2, 0) is 7.05 Å². The van der Waals surface area contributed by atoms with E-state index in [1.807, 2.05) is 24.3 Å². The molecule has 2 aromatic carbocycles. The van der Waals surface area contributed by atoms with Crippen LogP contribution in [0.3, 0.4) is 0 Å². The molecule has 0 atom stereocenters. The van der Waals surface area contributed by atoms with E-state index in [0.29, 0.717) is 17.0 Å². The Hall–Kier alpha value is -3.28. The summed E-state index contributed by atoms with van der Waals surface area (Å²) >= 11 is 0. The molecule has 0 fully saturated rings. The Morgan fingerprint density at radius 1 is 0.958 bits per heavy atom. The highest BCUT2D eigenvalue weighted by Crippen LogP contribution is 2.18. The third-order valence-electron chi connectivity index (χ3n) is 3.83. The van der Waals surface area contributed by atoms with Crippen molar-refractivity contribution in [1.29, 1.82) is 0 Å². The van der Waals surface area contributed by atoms with E-state index >= 15 is 0 Å². The van der Waals surface area contributed by atoms with Gasteiger partial charge in [-0.15, -0.1) is 0 Å². The number of carbonyl (C=O) groups is 2. The van der Waals surface area contributed by atoms with Crippen molar-refractivity contribution in [2.24, 2.45) is 7.05 Å². The van der Waals surface area contributed by atoms with Crippen LogP contribution in [0.5, 0.6) is 5.75 Å². The topological polar surface area (TPSA) is 72.4 Å². The first kappa shape index (κ1) is 15.6. The monoisotopic (exact) mass is 323 g/mol. The van der Waals surface area contributed by atoms with Gasteiger partial charge in [-0.3, -0.25) is 20.4 Å². The van der Waals surface area contributed by atoms with Gasteiger partial charge in [0.05, 0.1) is 12.7 Å². The molecule has 1 aromatic heterocycles. The summed E-state index contributed by atoms with van der Waals surface area (Å²) in [5, 5.41) is 0.959. The molecule has 6 nitrogen and oxygen atoms in total. The molecule has 6 heteroatoms. The molecule has 0 aliphatic rings. The molecule has 2 amide bonds. The van der Waals surface area contributed by atoms with E-state index in [-0.39, 0.29) is 0 Å². The van der Waals surface area contributed by atoms with Crippen molar-refractivity contribution in [2.45, 2.75) is 0 Å². The average molecular weight is 323 g/mol. The standard InChI is InChI=1S/C18H17N3O3/c1-21-14-9-5-3-7-12(14)11-15(21)18(23)20-19-17(22)13-8-4-6-10-16(13)24-2/h3-11H,1-2H3,(H,19,22)(H,20,23). The third kappa shape index (κ3) is 2.81. The Balaban J connectivity index is 1.75. The molecule has 1 heterocycles. The van der Waals surface area contributed by atoms with Crippen molar-refractivity contribution in [1.82, 2.24) is 15.4 Å². The first-order chi connectivity index (χ1) is 11.6. The predicted molar refractivity (Wildman–Crippen MR) is 90.8 cm³/mol. The lowest BCUT2D eigenvalue weighted by Gasteiger charge is -2.10. The van der Waals surface area contributed by atoms with Crippen molar-refractivity contribution in [2.75, 3.05) is 7.11 Å². The number of ether oxygens (including phenoxy) is 1. The van der Waals surface area contributed by atoms with Gasteiger partial charge in [0.1, 0.15) is 11.4 Å². The van der Waals surface area contributed by atoms with Crippen LogP contribution in [0.4, 0.5) is 0 Å². The lowest BCUT2D eigenvalue weighted by atomic mass is 10.2. The summed E-state index contributed by atoms with van der Waals surface area (Å²) in [4.78, 5) is 24.6. The number of carbonyl (C=O) groups excluding carboxylic acids is 2. The number of hydrogen-bond donors (Lipinski definition) is 2. The van der Waals surface area contributed by atoms with E-state index in [1.54, 1.807) is 41.9 Å². The highest BCUT2D eigenvalue weighted by molar-refractivity contribution is 6.02. The molecule has 122 valence electrons. The first-order valence-corrected chi connectivity index (χ1v) is 7.40. The molecular weight excluding hydrogens is 306 g/mol. The molecule has 0 spiro atoms. The fourth-order valence-electron chi connectivity index (χ4n) is 2.58. The predicted octanol–water partition coefficient (Wildman–Crippen LogP) is 2.26. The fraction of sp³-hybridized carbons (Fsp3) is 0.111. The highest BCUT2D eigenvalue weighted by atomic mass is 16.5. The summed E-state index contributed by atoms with van der Waals surface area (Å²) in [5.41, 5.74) is 6.59. The van der Waals surface area contributed by atoms with Crippen LogP contribution in [0.1, 0.15) is 20.8 Å². The molecule has 0 aliphatic carbocycles. The van der Waals surface area contributed by atoms with Gasteiger partial charge in [-0.2, -0.15) is 0 Å². The second-order valence-electron chi connectivity index (χ2n) is 5.26. The SMILES string of the molecule is COc1ccccc1C(=O)NNC(=O)c1cc2ccccc2n1C. The first-order valence-electron chi connectivity index (χ1n) is 7.40.